The Kier molecular flexibility index (Phi) is 3.92. The molecule has 112 valence electrons. The van der Waals surface area contributed by atoms with E-state index in [1.807, 2.05) is 19.1 Å². The average molecular weight is 296 g/mol. The van der Waals surface area contributed by atoms with Crippen molar-refractivity contribution in [3.05, 3.63) is 65.2 Å². The number of ketones is 1. The van der Waals surface area contributed by atoms with E-state index in [0.29, 0.717) is 17.7 Å². The van der Waals surface area contributed by atoms with Crippen molar-refractivity contribution < 1.29 is 19.1 Å². The molecule has 1 atom stereocenters. The first kappa shape index (κ1) is 14.3. The molecule has 1 heterocycles. The van der Waals surface area contributed by atoms with Crippen molar-refractivity contribution in [3.63, 3.8) is 0 Å². The number of rotatable bonds is 5. The second-order valence-electron chi connectivity index (χ2n) is 5.07. The van der Waals surface area contributed by atoms with Gasteiger partial charge in [-0.15, -0.1) is 0 Å². The number of hydrogen-bond donors (Lipinski definition) is 0. The van der Waals surface area contributed by atoms with Crippen LogP contribution in [0.4, 0.5) is 0 Å². The summed E-state index contributed by atoms with van der Waals surface area (Å²) in [6.45, 7) is 2.49. The Morgan fingerprint density at radius 1 is 1.14 bits per heavy atom. The van der Waals surface area contributed by atoms with Gasteiger partial charge in [0.2, 0.25) is 0 Å². The smallest absolute Gasteiger partial charge is 0.339 e. The Morgan fingerprint density at radius 2 is 1.86 bits per heavy atom. The third-order valence-electron chi connectivity index (χ3n) is 3.63. The molecule has 0 aromatic heterocycles. The van der Waals surface area contributed by atoms with Crippen LogP contribution in [0.15, 0.2) is 48.5 Å². The van der Waals surface area contributed by atoms with Gasteiger partial charge in [0.25, 0.3) is 0 Å². The zero-order valence-electron chi connectivity index (χ0n) is 12.2. The molecule has 0 fully saturated rings. The van der Waals surface area contributed by atoms with E-state index in [-0.39, 0.29) is 18.2 Å². The predicted octanol–water partition coefficient (Wildman–Crippen LogP) is 3.57. The third kappa shape index (κ3) is 2.72. The fraction of sp³-hybridized carbons (Fsp3) is 0.222. The van der Waals surface area contributed by atoms with Crippen LogP contribution in [0.25, 0.3) is 0 Å². The summed E-state index contributed by atoms with van der Waals surface area (Å²) in [6.07, 6.45) is -0.348. The molecule has 0 N–H and O–H groups in total. The van der Waals surface area contributed by atoms with Crippen LogP contribution in [0, 0.1) is 0 Å². The molecule has 0 radical (unpaired) electrons. The van der Waals surface area contributed by atoms with Crippen molar-refractivity contribution in [1.82, 2.24) is 0 Å². The molecule has 4 heteroatoms. The van der Waals surface area contributed by atoms with Gasteiger partial charge in [0.1, 0.15) is 11.9 Å². The summed E-state index contributed by atoms with van der Waals surface area (Å²) in [6, 6.07) is 14.2. The van der Waals surface area contributed by atoms with Crippen molar-refractivity contribution in [2.75, 3.05) is 6.61 Å². The summed E-state index contributed by atoms with van der Waals surface area (Å²) >= 11 is 0. The Bertz CT molecular complexity index is 703. The molecule has 1 aliphatic heterocycles. The number of esters is 1. The summed E-state index contributed by atoms with van der Waals surface area (Å²) in [5.74, 6) is 0.314. The zero-order valence-corrected chi connectivity index (χ0v) is 12.2. The first-order valence-electron chi connectivity index (χ1n) is 7.25. The fourth-order valence-corrected chi connectivity index (χ4v) is 2.56. The molecule has 22 heavy (non-hydrogen) atoms. The second-order valence-corrected chi connectivity index (χ2v) is 5.07. The van der Waals surface area contributed by atoms with Gasteiger partial charge in [-0.25, -0.2) is 4.79 Å². The largest absolute Gasteiger partial charge is 0.494 e. The van der Waals surface area contributed by atoms with Crippen molar-refractivity contribution in [1.29, 1.82) is 0 Å². The molecule has 0 saturated heterocycles. The molecular weight excluding hydrogens is 280 g/mol. The van der Waals surface area contributed by atoms with E-state index < -0.39 is 6.10 Å². The highest BCUT2D eigenvalue weighted by molar-refractivity contribution is 5.99. The highest BCUT2D eigenvalue weighted by Crippen LogP contribution is 2.33. The molecule has 2 aromatic carbocycles. The van der Waals surface area contributed by atoms with Crippen LogP contribution in [0.1, 0.15) is 45.7 Å². The van der Waals surface area contributed by atoms with Crippen LogP contribution in [0.5, 0.6) is 5.75 Å². The van der Waals surface area contributed by atoms with E-state index in [1.165, 1.54) is 0 Å². The lowest BCUT2D eigenvalue weighted by Gasteiger charge is -2.10. The third-order valence-corrected chi connectivity index (χ3v) is 3.63. The van der Waals surface area contributed by atoms with Crippen LogP contribution in [-0.2, 0) is 4.74 Å². The highest BCUT2D eigenvalue weighted by atomic mass is 16.5. The first-order valence-corrected chi connectivity index (χ1v) is 7.25. The van der Waals surface area contributed by atoms with Gasteiger partial charge in [-0.05, 0) is 37.3 Å². The van der Waals surface area contributed by atoms with E-state index in [0.717, 1.165) is 11.3 Å². The Morgan fingerprint density at radius 3 is 2.59 bits per heavy atom. The number of Topliss-reactive ketones (excluding diaryl/α,β-unsaturated/α-hetero) is 1. The summed E-state index contributed by atoms with van der Waals surface area (Å²) in [7, 11) is 0. The van der Waals surface area contributed by atoms with Crippen molar-refractivity contribution in [3.8, 4) is 5.75 Å². The summed E-state index contributed by atoms with van der Waals surface area (Å²) in [4.78, 5) is 24.1. The molecule has 4 nitrogen and oxygen atoms in total. The Hall–Kier alpha value is -2.62. The number of fused-ring (bicyclic) bond motifs is 1. The van der Waals surface area contributed by atoms with Crippen LogP contribution in [-0.4, -0.2) is 18.4 Å². The molecule has 0 spiro atoms. The average Bonchev–Trinajstić information content (AvgIpc) is 2.85. The quantitative estimate of drug-likeness (QED) is 0.625. The SMILES string of the molecule is CCOc1ccc(C(=O)C[C@H]2OC(=O)c3ccccc32)cc1. The van der Waals surface area contributed by atoms with E-state index in [4.69, 9.17) is 9.47 Å². The summed E-state index contributed by atoms with van der Waals surface area (Å²) in [5.41, 5.74) is 1.92. The lowest BCUT2D eigenvalue weighted by Crippen LogP contribution is -2.07. The normalized spacial score (nSPS) is 16.0. The number of cyclic esters (lactones) is 1. The molecule has 0 amide bonds. The van der Waals surface area contributed by atoms with E-state index in [2.05, 4.69) is 0 Å². The zero-order chi connectivity index (χ0) is 15.5. The van der Waals surface area contributed by atoms with Gasteiger partial charge in [0.15, 0.2) is 5.78 Å². The van der Waals surface area contributed by atoms with Crippen molar-refractivity contribution in [2.24, 2.45) is 0 Å². The lowest BCUT2D eigenvalue weighted by molar-refractivity contribution is 0.0367. The monoisotopic (exact) mass is 296 g/mol. The molecule has 2 aromatic rings. The highest BCUT2D eigenvalue weighted by Gasteiger charge is 2.32. The van der Waals surface area contributed by atoms with Gasteiger partial charge in [-0.1, -0.05) is 18.2 Å². The van der Waals surface area contributed by atoms with Crippen molar-refractivity contribution in [2.45, 2.75) is 19.4 Å². The van der Waals surface area contributed by atoms with Gasteiger partial charge in [0.05, 0.1) is 18.6 Å². The van der Waals surface area contributed by atoms with Gasteiger partial charge in [0, 0.05) is 11.1 Å². The van der Waals surface area contributed by atoms with Crippen LogP contribution in [0.3, 0.4) is 0 Å². The Labute approximate surface area is 128 Å². The Balaban J connectivity index is 1.74. The van der Waals surface area contributed by atoms with Crippen molar-refractivity contribution >= 4 is 11.8 Å². The number of ether oxygens (including phenoxy) is 2. The minimum absolute atomic E-state index is 0.0578. The maximum atomic E-state index is 12.4. The van der Waals surface area contributed by atoms with Gasteiger partial charge >= 0.3 is 5.97 Å². The first-order chi connectivity index (χ1) is 10.7. The minimum atomic E-state index is -0.497. The molecular formula is C18H16O4. The topological polar surface area (TPSA) is 52.6 Å². The van der Waals surface area contributed by atoms with E-state index in [1.54, 1.807) is 36.4 Å². The maximum Gasteiger partial charge on any atom is 0.339 e. The molecule has 0 saturated carbocycles. The van der Waals surface area contributed by atoms with Gasteiger partial charge in [-0.2, -0.15) is 0 Å². The van der Waals surface area contributed by atoms with E-state index >= 15 is 0 Å². The minimum Gasteiger partial charge on any atom is -0.494 e. The number of hydrogen-bond acceptors (Lipinski definition) is 4. The van der Waals surface area contributed by atoms with Crippen LogP contribution in [0.2, 0.25) is 0 Å². The molecule has 3 rings (SSSR count). The number of carbonyl (C=O) groups is 2. The number of carbonyl (C=O) groups excluding carboxylic acids is 2. The maximum absolute atomic E-state index is 12.4. The number of benzene rings is 2. The van der Waals surface area contributed by atoms with Gasteiger partial charge in [-0.3, -0.25) is 4.79 Å². The summed E-state index contributed by atoms with van der Waals surface area (Å²) in [5, 5.41) is 0. The van der Waals surface area contributed by atoms with Gasteiger partial charge < -0.3 is 9.47 Å². The fourth-order valence-electron chi connectivity index (χ4n) is 2.56. The van der Waals surface area contributed by atoms with E-state index in [9.17, 15) is 9.59 Å². The lowest BCUT2D eigenvalue weighted by atomic mass is 9.98. The van der Waals surface area contributed by atoms with Crippen LogP contribution < -0.4 is 4.74 Å². The standard InChI is InChI=1S/C18H16O4/c1-2-21-13-9-7-12(8-10-13)16(19)11-17-14-5-3-4-6-15(14)18(20)22-17/h3-10,17H,2,11H2,1H3/t17-/m1/s1. The predicted molar refractivity (Wildman–Crippen MR) is 81.2 cm³/mol. The molecule has 0 unspecified atom stereocenters. The summed E-state index contributed by atoms with van der Waals surface area (Å²) < 4.78 is 10.7. The second kappa shape index (κ2) is 6.02. The molecule has 1 aliphatic rings. The molecule has 0 aliphatic carbocycles. The van der Waals surface area contributed by atoms with Crippen LogP contribution >= 0.6 is 0 Å². The molecule has 0 bridgehead atoms.